The van der Waals surface area contributed by atoms with E-state index in [2.05, 4.69) is 5.32 Å². The molecule has 0 radical (unpaired) electrons. The Balaban J connectivity index is 1.80. The van der Waals surface area contributed by atoms with Gasteiger partial charge in [-0.2, -0.15) is 0 Å². The fourth-order valence-corrected chi connectivity index (χ4v) is 5.56. The maximum atomic E-state index is 13.9. The summed E-state index contributed by atoms with van der Waals surface area (Å²) in [7, 11) is 3.92. The number of carbonyl (C=O) groups is 3. The van der Waals surface area contributed by atoms with Gasteiger partial charge in [-0.3, -0.25) is 19.7 Å². The SMILES string of the molecule is CCC[C@@]1(C(=O)OCC)N[C@@H](c2ccc(N(C)C)cc2)[C@H]2C(=O)N(c3ccc(OCC)cc3)C(=O)[C@H]21. The average molecular weight is 494 g/mol. The number of carbonyl (C=O) groups excluding carboxylic acids is 3. The molecule has 2 aliphatic rings. The van der Waals surface area contributed by atoms with Crippen molar-refractivity contribution in [2.45, 2.75) is 45.2 Å². The number of nitrogens with zero attached hydrogens (tertiary/aromatic N) is 2. The van der Waals surface area contributed by atoms with Gasteiger partial charge in [-0.15, -0.1) is 0 Å². The third-order valence-corrected chi connectivity index (χ3v) is 7.11. The molecule has 0 spiro atoms. The van der Waals surface area contributed by atoms with Crippen molar-refractivity contribution < 1.29 is 23.9 Å². The van der Waals surface area contributed by atoms with Gasteiger partial charge in [0.1, 0.15) is 11.3 Å². The molecule has 2 aromatic rings. The lowest BCUT2D eigenvalue weighted by Gasteiger charge is -2.32. The number of rotatable bonds is 9. The summed E-state index contributed by atoms with van der Waals surface area (Å²) in [5, 5.41) is 3.44. The Labute approximate surface area is 212 Å². The fraction of sp³-hybridized carbons (Fsp3) is 0.464. The van der Waals surface area contributed by atoms with Crippen LogP contribution in [0, 0.1) is 11.8 Å². The van der Waals surface area contributed by atoms with Crippen LogP contribution in [0.4, 0.5) is 11.4 Å². The molecule has 192 valence electrons. The van der Waals surface area contributed by atoms with Crippen molar-refractivity contribution in [2.24, 2.45) is 11.8 Å². The molecule has 0 saturated carbocycles. The van der Waals surface area contributed by atoms with Gasteiger partial charge in [0.15, 0.2) is 0 Å². The summed E-state index contributed by atoms with van der Waals surface area (Å²) >= 11 is 0. The number of hydrogen-bond acceptors (Lipinski definition) is 7. The lowest BCUT2D eigenvalue weighted by atomic mass is 9.77. The van der Waals surface area contributed by atoms with Crippen LogP contribution in [0.1, 0.15) is 45.2 Å². The Kier molecular flexibility index (Phi) is 7.36. The van der Waals surface area contributed by atoms with Gasteiger partial charge in [0.2, 0.25) is 11.8 Å². The molecule has 8 heteroatoms. The molecule has 4 rings (SSSR count). The standard InChI is InChI=1S/C28H35N3O5/c1-6-17-28(27(34)36-8-3)23-22(24(29-28)18-9-11-19(12-10-18)30(4)5)25(32)31(26(23)33)20-13-15-21(16-14-20)35-7-2/h9-16,22-24,29H,6-8,17H2,1-5H3/t22-,23-,24-,28+/m0/s1. The zero-order valence-electron chi connectivity index (χ0n) is 21.6. The van der Waals surface area contributed by atoms with Crippen molar-refractivity contribution in [1.29, 1.82) is 0 Å². The van der Waals surface area contributed by atoms with Crippen LogP contribution in [0.25, 0.3) is 0 Å². The monoisotopic (exact) mass is 493 g/mol. The Hall–Kier alpha value is -3.39. The van der Waals surface area contributed by atoms with Gasteiger partial charge in [-0.25, -0.2) is 4.90 Å². The summed E-state index contributed by atoms with van der Waals surface area (Å²) in [6.07, 6.45) is 1.03. The van der Waals surface area contributed by atoms with E-state index in [1.807, 2.05) is 57.1 Å². The highest BCUT2D eigenvalue weighted by Crippen LogP contribution is 2.51. The summed E-state index contributed by atoms with van der Waals surface area (Å²) in [4.78, 5) is 44.5. The number of ether oxygens (including phenoxy) is 2. The molecule has 8 nitrogen and oxygen atoms in total. The summed E-state index contributed by atoms with van der Waals surface area (Å²) in [5.74, 6) is -2.11. The van der Waals surface area contributed by atoms with Crippen molar-refractivity contribution in [3.8, 4) is 5.75 Å². The van der Waals surface area contributed by atoms with E-state index >= 15 is 0 Å². The summed E-state index contributed by atoms with van der Waals surface area (Å²) in [5.41, 5.74) is 1.06. The molecular formula is C28H35N3O5. The second-order valence-electron chi connectivity index (χ2n) is 9.49. The van der Waals surface area contributed by atoms with E-state index in [9.17, 15) is 14.4 Å². The van der Waals surface area contributed by atoms with E-state index in [0.717, 1.165) is 11.3 Å². The highest BCUT2D eigenvalue weighted by molar-refractivity contribution is 6.24. The maximum absolute atomic E-state index is 13.9. The van der Waals surface area contributed by atoms with Gasteiger partial charge in [-0.05, 0) is 62.2 Å². The highest BCUT2D eigenvalue weighted by Gasteiger charge is 2.68. The molecule has 2 saturated heterocycles. The van der Waals surface area contributed by atoms with Gasteiger partial charge in [0, 0.05) is 25.8 Å². The zero-order chi connectivity index (χ0) is 26.0. The molecule has 4 atom stereocenters. The van der Waals surface area contributed by atoms with E-state index in [1.165, 1.54) is 4.90 Å². The number of nitrogens with one attached hydrogen (secondary N) is 1. The van der Waals surface area contributed by atoms with Gasteiger partial charge < -0.3 is 14.4 Å². The van der Waals surface area contributed by atoms with E-state index in [1.54, 1.807) is 31.2 Å². The largest absolute Gasteiger partial charge is 0.494 e. The Morgan fingerprint density at radius 3 is 2.19 bits per heavy atom. The summed E-state index contributed by atoms with van der Waals surface area (Å²) < 4.78 is 11.0. The Bertz CT molecular complexity index is 1120. The molecular weight excluding hydrogens is 458 g/mol. The normalized spacial score (nSPS) is 25.1. The highest BCUT2D eigenvalue weighted by atomic mass is 16.5. The Morgan fingerprint density at radius 1 is 0.972 bits per heavy atom. The molecule has 0 unspecified atom stereocenters. The summed E-state index contributed by atoms with van der Waals surface area (Å²) in [6, 6.07) is 14.3. The van der Waals surface area contributed by atoms with E-state index < -0.39 is 29.4 Å². The van der Waals surface area contributed by atoms with Crippen molar-refractivity contribution in [1.82, 2.24) is 5.32 Å². The van der Waals surface area contributed by atoms with Gasteiger partial charge in [0.05, 0.1) is 30.7 Å². The molecule has 36 heavy (non-hydrogen) atoms. The Morgan fingerprint density at radius 2 is 1.64 bits per heavy atom. The molecule has 2 aliphatic heterocycles. The van der Waals surface area contributed by atoms with Gasteiger partial charge in [0.25, 0.3) is 0 Å². The quantitative estimate of drug-likeness (QED) is 0.421. The fourth-order valence-electron chi connectivity index (χ4n) is 5.56. The number of esters is 1. The van der Waals surface area contributed by atoms with Crippen LogP contribution in [0.15, 0.2) is 48.5 Å². The molecule has 2 amide bonds. The maximum Gasteiger partial charge on any atom is 0.327 e. The van der Waals surface area contributed by atoms with Crippen LogP contribution < -0.4 is 19.9 Å². The number of anilines is 2. The van der Waals surface area contributed by atoms with Crippen molar-refractivity contribution in [3.63, 3.8) is 0 Å². The van der Waals surface area contributed by atoms with E-state index in [0.29, 0.717) is 30.9 Å². The predicted octanol–water partition coefficient (Wildman–Crippen LogP) is 3.70. The van der Waals surface area contributed by atoms with Crippen molar-refractivity contribution in [2.75, 3.05) is 37.1 Å². The minimum Gasteiger partial charge on any atom is -0.494 e. The lowest BCUT2D eigenvalue weighted by Crippen LogP contribution is -2.56. The molecule has 2 aromatic carbocycles. The van der Waals surface area contributed by atoms with Crippen LogP contribution in [0.3, 0.4) is 0 Å². The summed E-state index contributed by atoms with van der Waals surface area (Å²) in [6.45, 7) is 6.31. The minimum atomic E-state index is -1.28. The molecule has 1 N–H and O–H groups in total. The molecule has 0 aromatic heterocycles. The molecule has 0 aliphatic carbocycles. The molecule has 0 bridgehead atoms. The first-order valence-corrected chi connectivity index (χ1v) is 12.6. The van der Waals surface area contributed by atoms with E-state index in [-0.39, 0.29) is 18.4 Å². The lowest BCUT2D eigenvalue weighted by molar-refractivity contribution is -0.155. The minimum absolute atomic E-state index is 0.191. The van der Waals surface area contributed by atoms with Crippen molar-refractivity contribution in [3.05, 3.63) is 54.1 Å². The third kappa shape index (κ3) is 4.23. The van der Waals surface area contributed by atoms with Crippen molar-refractivity contribution >= 4 is 29.2 Å². The number of amides is 2. The van der Waals surface area contributed by atoms with Crippen LogP contribution in [-0.4, -0.2) is 50.6 Å². The second-order valence-corrected chi connectivity index (χ2v) is 9.49. The van der Waals surface area contributed by atoms with Gasteiger partial charge >= 0.3 is 5.97 Å². The number of hydrogen-bond donors (Lipinski definition) is 1. The number of benzene rings is 2. The van der Waals surface area contributed by atoms with Crippen LogP contribution in [0.2, 0.25) is 0 Å². The topological polar surface area (TPSA) is 88.2 Å². The molecule has 2 fully saturated rings. The second kappa shape index (κ2) is 10.3. The number of fused-ring (bicyclic) bond motifs is 1. The number of imide groups is 1. The average Bonchev–Trinajstić information content (AvgIpc) is 3.34. The third-order valence-electron chi connectivity index (χ3n) is 7.11. The predicted molar refractivity (Wildman–Crippen MR) is 138 cm³/mol. The first-order chi connectivity index (χ1) is 17.3. The smallest absolute Gasteiger partial charge is 0.327 e. The first kappa shape index (κ1) is 25.7. The van der Waals surface area contributed by atoms with E-state index in [4.69, 9.17) is 9.47 Å². The first-order valence-electron chi connectivity index (χ1n) is 12.6. The zero-order valence-corrected chi connectivity index (χ0v) is 21.6. The molecule has 2 heterocycles. The van der Waals surface area contributed by atoms with Crippen LogP contribution in [0.5, 0.6) is 5.75 Å². The van der Waals surface area contributed by atoms with Crippen LogP contribution in [-0.2, 0) is 19.1 Å². The van der Waals surface area contributed by atoms with Gasteiger partial charge in [-0.1, -0.05) is 25.5 Å². The van der Waals surface area contributed by atoms with Crippen LogP contribution >= 0.6 is 0 Å².